The highest BCUT2D eigenvalue weighted by Crippen LogP contribution is 2.20. The molecule has 0 radical (unpaired) electrons. The number of nitrogens with zero attached hydrogens (tertiary/aromatic N) is 2. The van der Waals surface area contributed by atoms with E-state index < -0.39 is 23.8 Å². The second kappa shape index (κ2) is 4.17. The molecule has 7 heteroatoms. The average molecular weight is 232 g/mol. The van der Waals surface area contributed by atoms with Crippen LogP contribution in [-0.2, 0) is 0 Å². The summed E-state index contributed by atoms with van der Waals surface area (Å²) in [5.74, 6) is 0. The van der Waals surface area contributed by atoms with E-state index in [4.69, 9.17) is 10.2 Å². The van der Waals surface area contributed by atoms with Gasteiger partial charge in [-0.15, -0.1) is 0 Å². The molecule has 0 bridgehead atoms. The van der Waals surface area contributed by atoms with Crippen molar-refractivity contribution in [1.82, 2.24) is 9.80 Å². The fourth-order valence-electron chi connectivity index (χ4n) is 1.79. The van der Waals surface area contributed by atoms with Crippen molar-refractivity contribution in [2.45, 2.75) is 25.5 Å². The number of rotatable bonds is 1. The molecule has 1 heterocycles. The molecule has 3 N–H and O–H groups in total. The summed E-state index contributed by atoms with van der Waals surface area (Å²) >= 11 is 0. The first-order valence-electron chi connectivity index (χ1n) is 4.93. The van der Waals surface area contributed by atoms with Crippen LogP contribution in [0.2, 0.25) is 0 Å². The minimum absolute atomic E-state index is 0.00880. The van der Waals surface area contributed by atoms with Crippen molar-refractivity contribution in [2.75, 3.05) is 19.6 Å². The van der Waals surface area contributed by atoms with Crippen molar-refractivity contribution in [1.29, 1.82) is 0 Å². The second-order valence-corrected chi connectivity index (χ2v) is 4.37. The standard InChI is InChI=1S/C9H16N2O5/c1-9(2,16)6-5-10(7(12)13)3-4-11(6)8(14)15/h6,16H,3-5H2,1-2H3,(H,12,13)(H,14,15)/t6-/m0/s1. The summed E-state index contributed by atoms with van der Waals surface area (Å²) in [4.78, 5) is 23.9. The smallest absolute Gasteiger partial charge is 0.407 e. The number of hydrogen-bond acceptors (Lipinski definition) is 3. The van der Waals surface area contributed by atoms with Gasteiger partial charge in [0.2, 0.25) is 0 Å². The lowest BCUT2D eigenvalue weighted by Gasteiger charge is -2.44. The first-order chi connectivity index (χ1) is 7.23. The van der Waals surface area contributed by atoms with Gasteiger partial charge in [-0.05, 0) is 13.8 Å². The maximum absolute atomic E-state index is 10.9. The van der Waals surface area contributed by atoms with Gasteiger partial charge in [0, 0.05) is 19.6 Å². The topological polar surface area (TPSA) is 101 Å². The van der Waals surface area contributed by atoms with Gasteiger partial charge in [0.05, 0.1) is 11.6 Å². The van der Waals surface area contributed by atoms with Gasteiger partial charge in [-0.1, -0.05) is 0 Å². The molecule has 0 aromatic heterocycles. The molecule has 1 aliphatic heterocycles. The summed E-state index contributed by atoms with van der Waals surface area (Å²) in [5.41, 5.74) is -1.27. The van der Waals surface area contributed by atoms with Gasteiger partial charge < -0.3 is 20.2 Å². The van der Waals surface area contributed by atoms with E-state index in [9.17, 15) is 14.7 Å². The van der Waals surface area contributed by atoms with Gasteiger partial charge in [-0.2, -0.15) is 0 Å². The molecule has 7 nitrogen and oxygen atoms in total. The molecule has 2 amide bonds. The molecule has 1 atom stereocenters. The number of carbonyl (C=O) groups is 2. The van der Waals surface area contributed by atoms with Crippen LogP contribution in [0.3, 0.4) is 0 Å². The molecule has 1 saturated heterocycles. The lowest BCUT2D eigenvalue weighted by atomic mass is 9.95. The highest BCUT2D eigenvalue weighted by Gasteiger charge is 2.40. The van der Waals surface area contributed by atoms with Crippen molar-refractivity contribution in [3.63, 3.8) is 0 Å². The van der Waals surface area contributed by atoms with Crippen LogP contribution in [0.25, 0.3) is 0 Å². The molecule has 16 heavy (non-hydrogen) atoms. The first kappa shape index (κ1) is 12.6. The summed E-state index contributed by atoms with van der Waals surface area (Å²) in [6.45, 7) is 3.15. The van der Waals surface area contributed by atoms with Crippen molar-refractivity contribution in [2.24, 2.45) is 0 Å². The molecule has 0 spiro atoms. The van der Waals surface area contributed by atoms with E-state index in [-0.39, 0.29) is 19.6 Å². The minimum atomic E-state index is -1.27. The van der Waals surface area contributed by atoms with E-state index in [0.29, 0.717) is 0 Å². The molecule has 1 fully saturated rings. The molecule has 0 aliphatic carbocycles. The van der Waals surface area contributed by atoms with Crippen LogP contribution in [0.15, 0.2) is 0 Å². The van der Waals surface area contributed by atoms with Crippen molar-refractivity contribution in [3.05, 3.63) is 0 Å². The molecular weight excluding hydrogens is 216 g/mol. The van der Waals surface area contributed by atoms with E-state index in [0.717, 1.165) is 9.80 Å². The maximum Gasteiger partial charge on any atom is 0.407 e. The van der Waals surface area contributed by atoms with E-state index in [1.54, 1.807) is 0 Å². The van der Waals surface area contributed by atoms with Crippen LogP contribution in [0.4, 0.5) is 9.59 Å². The Kier molecular flexibility index (Phi) is 3.27. The predicted octanol–water partition coefficient (Wildman–Crippen LogP) is 0.0995. The van der Waals surface area contributed by atoms with Gasteiger partial charge in [0.15, 0.2) is 0 Å². The molecule has 0 saturated carbocycles. The highest BCUT2D eigenvalue weighted by atomic mass is 16.4. The van der Waals surface area contributed by atoms with Crippen LogP contribution in [0.1, 0.15) is 13.8 Å². The Labute approximate surface area is 92.9 Å². The number of amides is 2. The maximum atomic E-state index is 10.9. The van der Waals surface area contributed by atoms with E-state index in [2.05, 4.69) is 0 Å². The molecule has 0 aromatic rings. The quantitative estimate of drug-likeness (QED) is 0.595. The molecule has 1 aliphatic rings. The zero-order chi connectivity index (χ0) is 12.5. The third kappa shape index (κ3) is 2.54. The summed E-state index contributed by atoms with van der Waals surface area (Å²) in [5, 5.41) is 27.6. The molecular formula is C9H16N2O5. The van der Waals surface area contributed by atoms with Gasteiger partial charge in [0.25, 0.3) is 0 Å². The Hall–Kier alpha value is -1.50. The Morgan fingerprint density at radius 2 is 1.75 bits per heavy atom. The predicted molar refractivity (Wildman–Crippen MR) is 54.4 cm³/mol. The van der Waals surface area contributed by atoms with Crippen molar-refractivity contribution >= 4 is 12.2 Å². The molecule has 0 aromatic carbocycles. The van der Waals surface area contributed by atoms with Crippen LogP contribution in [0.5, 0.6) is 0 Å². The largest absolute Gasteiger partial charge is 0.465 e. The third-order valence-electron chi connectivity index (χ3n) is 2.71. The van der Waals surface area contributed by atoms with E-state index in [1.165, 1.54) is 13.8 Å². The highest BCUT2D eigenvalue weighted by molar-refractivity contribution is 5.68. The van der Waals surface area contributed by atoms with Crippen molar-refractivity contribution < 1.29 is 24.9 Å². The number of piperazine rings is 1. The van der Waals surface area contributed by atoms with Crippen LogP contribution in [0, 0.1) is 0 Å². The van der Waals surface area contributed by atoms with Crippen LogP contribution in [-0.4, -0.2) is 68.6 Å². The lowest BCUT2D eigenvalue weighted by molar-refractivity contribution is -0.0437. The fraction of sp³-hybridized carbons (Fsp3) is 0.778. The zero-order valence-corrected chi connectivity index (χ0v) is 9.25. The number of hydrogen-bond donors (Lipinski definition) is 3. The molecule has 1 rings (SSSR count). The number of carboxylic acid groups (broad SMARTS) is 2. The lowest BCUT2D eigenvalue weighted by Crippen LogP contribution is -2.63. The Morgan fingerprint density at radius 3 is 2.12 bits per heavy atom. The Bertz CT molecular complexity index is 299. The van der Waals surface area contributed by atoms with Crippen LogP contribution >= 0.6 is 0 Å². The van der Waals surface area contributed by atoms with Crippen molar-refractivity contribution in [3.8, 4) is 0 Å². The first-order valence-corrected chi connectivity index (χ1v) is 4.93. The monoisotopic (exact) mass is 232 g/mol. The number of aliphatic hydroxyl groups is 1. The van der Waals surface area contributed by atoms with Gasteiger partial charge in [-0.3, -0.25) is 4.90 Å². The van der Waals surface area contributed by atoms with Gasteiger partial charge in [0.1, 0.15) is 0 Å². The summed E-state index contributed by atoms with van der Waals surface area (Å²) < 4.78 is 0. The normalized spacial score (nSPS) is 22.1. The fourth-order valence-corrected chi connectivity index (χ4v) is 1.79. The van der Waals surface area contributed by atoms with Gasteiger partial charge >= 0.3 is 12.2 Å². The average Bonchev–Trinajstić information content (AvgIpc) is 2.15. The summed E-state index contributed by atoms with van der Waals surface area (Å²) in [6.07, 6.45) is -2.24. The third-order valence-corrected chi connectivity index (χ3v) is 2.71. The Morgan fingerprint density at radius 1 is 1.19 bits per heavy atom. The van der Waals surface area contributed by atoms with Gasteiger partial charge in [-0.25, -0.2) is 9.59 Å². The summed E-state index contributed by atoms with van der Waals surface area (Å²) in [7, 11) is 0. The molecule has 92 valence electrons. The zero-order valence-electron chi connectivity index (χ0n) is 9.25. The summed E-state index contributed by atoms with van der Waals surface area (Å²) in [6, 6.07) is -0.741. The van der Waals surface area contributed by atoms with E-state index >= 15 is 0 Å². The Balaban J connectivity index is 2.86. The minimum Gasteiger partial charge on any atom is -0.465 e. The SMILES string of the molecule is CC(C)(O)[C@@H]1CN(C(=O)O)CCN1C(=O)O. The van der Waals surface area contributed by atoms with Crippen LogP contribution < -0.4 is 0 Å². The second-order valence-electron chi connectivity index (χ2n) is 4.37. The molecule has 0 unspecified atom stereocenters. The van der Waals surface area contributed by atoms with E-state index in [1.807, 2.05) is 0 Å².